The van der Waals surface area contributed by atoms with Crippen molar-refractivity contribution >= 4 is 41.3 Å². The highest BCUT2D eigenvalue weighted by molar-refractivity contribution is 14.0. The topological polar surface area (TPSA) is 58.5 Å². The number of aliphatic imine (C=N–C) groups is 1. The van der Waals surface area contributed by atoms with Crippen molar-refractivity contribution in [3.8, 4) is 5.75 Å². The van der Waals surface area contributed by atoms with E-state index in [4.69, 9.17) is 4.74 Å². The number of alkyl halides is 3. The molecular formula is C18H24F3IN4OS. The minimum atomic E-state index is -4.42. The predicted molar refractivity (Wildman–Crippen MR) is 117 cm³/mol. The minimum absolute atomic E-state index is 0. The first-order valence-corrected chi connectivity index (χ1v) is 9.40. The average Bonchev–Trinajstić information content (AvgIpc) is 3.10. The Bertz CT molecular complexity index is 780. The summed E-state index contributed by atoms with van der Waals surface area (Å²) >= 11 is 0.960. The number of aryl methyl sites for hydroxylation is 1. The molecule has 0 aliphatic rings. The molecule has 0 spiro atoms. The molecule has 0 atom stereocenters. The Morgan fingerprint density at radius 1 is 1.25 bits per heavy atom. The molecule has 0 bridgehead atoms. The molecule has 0 unspecified atom stereocenters. The number of aromatic nitrogens is 1. The van der Waals surface area contributed by atoms with E-state index < -0.39 is 11.9 Å². The number of rotatable bonds is 7. The summed E-state index contributed by atoms with van der Waals surface area (Å²) in [5.41, 5.74) is 1.21. The lowest BCUT2D eigenvalue weighted by Crippen LogP contribution is -2.36. The van der Waals surface area contributed by atoms with Crippen LogP contribution in [0.15, 0.2) is 28.6 Å². The highest BCUT2D eigenvalue weighted by atomic mass is 127. The molecule has 28 heavy (non-hydrogen) atoms. The summed E-state index contributed by atoms with van der Waals surface area (Å²) in [5.74, 6) is 1.29. The maximum Gasteiger partial charge on any atom is 0.434 e. The molecule has 0 fully saturated rings. The van der Waals surface area contributed by atoms with Gasteiger partial charge in [0.25, 0.3) is 0 Å². The molecule has 1 aromatic heterocycles. The SMILES string of the molecule is CCCOc1cc(C)ccc1CNC(=NC)NCc1nc(C(F)(F)F)cs1.I. The second-order valence-electron chi connectivity index (χ2n) is 5.86. The highest BCUT2D eigenvalue weighted by Crippen LogP contribution is 2.29. The summed E-state index contributed by atoms with van der Waals surface area (Å²) in [6.07, 6.45) is -3.51. The van der Waals surface area contributed by atoms with Crippen LogP contribution < -0.4 is 15.4 Å². The fourth-order valence-electron chi connectivity index (χ4n) is 2.24. The van der Waals surface area contributed by atoms with Crippen LogP contribution in [0.2, 0.25) is 0 Å². The smallest absolute Gasteiger partial charge is 0.434 e. The molecule has 2 rings (SSSR count). The van der Waals surface area contributed by atoms with E-state index in [0.29, 0.717) is 24.1 Å². The van der Waals surface area contributed by atoms with Crippen molar-refractivity contribution in [1.29, 1.82) is 0 Å². The Labute approximate surface area is 183 Å². The predicted octanol–water partition coefficient (Wildman–Crippen LogP) is 4.74. The van der Waals surface area contributed by atoms with Crippen molar-refractivity contribution in [2.45, 2.75) is 39.5 Å². The van der Waals surface area contributed by atoms with Gasteiger partial charge in [0.05, 0.1) is 13.2 Å². The monoisotopic (exact) mass is 528 g/mol. The van der Waals surface area contributed by atoms with Crippen molar-refractivity contribution in [1.82, 2.24) is 15.6 Å². The van der Waals surface area contributed by atoms with E-state index >= 15 is 0 Å². The van der Waals surface area contributed by atoms with Crippen LogP contribution in [0.25, 0.3) is 0 Å². The van der Waals surface area contributed by atoms with Crippen LogP contribution >= 0.6 is 35.3 Å². The van der Waals surface area contributed by atoms with Gasteiger partial charge in [-0.3, -0.25) is 4.99 Å². The summed E-state index contributed by atoms with van der Waals surface area (Å²) < 4.78 is 43.6. The van der Waals surface area contributed by atoms with Gasteiger partial charge in [-0.25, -0.2) is 4.98 Å². The first-order chi connectivity index (χ1) is 12.8. The van der Waals surface area contributed by atoms with Crippen LogP contribution in [0.1, 0.15) is 35.2 Å². The molecule has 1 aromatic carbocycles. The summed E-state index contributed by atoms with van der Waals surface area (Å²) in [6.45, 7) is 5.31. The van der Waals surface area contributed by atoms with Gasteiger partial charge in [0, 0.05) is 24.5 Å². The largest absolute Gasteiger partial charge is 0.493 e. The number of hydrogen-bond donors (Lipinski definition) is 2. The molecule has 0 aliphatic carbocycles. The van der Waals surface area contributed by atoms with Crippen molar-refractivity contribution < 1.29 is 17.9 Å². The van der Waals surface area contributed by atoms with E-state index in [0.717, 1.165) is 40.0 Å². The van der Waals surface area contributed by atoms with E-state index in [9.17, 15) is 13.2 Å². The Hall–Kier alpha value is -1.56. The highest BCUT2D eigenvalue weighted by Gasteiger charge is 2.33. The number of ether oxygens (including phenoxy) is 1. The second-order valence-corrected chi connectivity index (χ2v) is 6.81. The molecule has 0 radical (unpaired) electrons. The Kier molecular flexibility index (Phi) is 10.0. The lowest BCUT2D eigenvalue weighted by Gasteiger charge is -2.15. The maximum atomic E-state index is 12.6. The quantitative estimate of drug-likeness (QED) is 0.310. The fraction of sp³-hybridized carbons (Fsp3) is 0.444. The summed E-state index contributed by atoms with van der Waals surface area (Å²) in [4.78, 5) is 7.68. The normalized spacial score (nSPS) is 11.7. The van der Waals surface area contributed by atoms with Gasteiger partial charge in [0.15, 0.2) is 11.7 Å². The van der Waals surface area contributed by atoms with Crippen molar-refractivity contribution in [2.75, 3.05) is 13.7 Å². The molecule has 0 saturated carbocycles. The van der Waals surface area contributed by atoms with Gasteiger partial charge in [-0.05, 0) is 25.0 Å². The lowest BCUT2D eigenvalue weighted by atomic mass is 10.1. The Morgan fingerprint density at radius 3 is 2.57 bits per heavy atom. The van der Waals surface area contributed by atoms with Gasteiger partial charge < -0.3 is 15.4 Å². The first-order valence-electron chi connectivity index (χ1n) is 8.52. The van der Waals surface area contributed by atoms with Crippen LogP contribution in [-0.2, 0) is 19.3 Å². The van der Waals surface area contributed by atoms with E-state index in [2.05, 4.69) is 20.6 Å². The van der Waals surface area contributed by atoms with Crippen LogP contribution in [0, 0.1) is 6.92 Å². The first kappa shape index (κ1) is 24.5. The lowest BCUT2D eigenvalue weighted by molar-refractivity contribution is -0.140. The molecule has 5 nitrogen and oxygen atoms in total. The van der Waals surface area contributed by atoms with E-state index in [1.54, 1.807) is 7.05 Å². The minimum Gasteiger partial charge on any atom is -0.493 e. The van der Waals surface area contributed by atoms with Gasteiger partial charge in [0.2, 0.25) is 0 Å². The third kappa shape index (κ3) is 7.46. The summed E-state index contributed by atoms with van der Waals surface area (Å²) in [5, 5.41) is 7.47. The molecule has 2 N–H and O–H groups in total. The molecule has 10 heteroatoms. The third-order valence-electron chi connectivity index (χ3n) is 3.60. The van der Waals surface area contributed by atoms with Crippen molar-refractivity contribution in [2.24, 2.45) is 4.99 Å². The number of halogens is 4. The number of thiazole rings is 1. The second kappa shape index (κ2) is 11.4. The van der Waals surface area contributed by atoms with Gasteiger partial charge in [-0.15, -0.1) is 35.3 Å². The number of nitrogens with zero attached hydrogens (tertiary/aromatic N) is 2. The number of nitrogens with one attached hydrogen (secondary N) is 2. The van der Waals surface area contributed by atoms with Gasteiger partial charge >= 0.3 is 6.18 Å². The van der Waals surface area contributed by atoms with E-state index in [-0.39, 0.29) is 30.5 Å². The standard InChI is InChI=1S/C18H23F3N4OS.HI/c1-4-7-26-14-8-12(2)5-6-13(14)9-23-17(22-3)24-10-16-25-15(11-27-16)18(19,20)21;/h5-6,8,11H,4,7,9-10H2,1-3H3,(H2,22,23,24);1H. The van der Waals surface area contributed by atoms with Crippen molar-refractivity contribution in [3.63, 3.8) is 0 Å². The summed E-state index contributed by atoms with van der Waals surface area (Å²) in [6, 6.07) is 5.97. The van der Waals surface area contributed by atoms with Gasteiger partial charge in [0.1, 0.15) is 10.8 Å². The van der Waals surface area contributed by atoms with Crippen LogP contribution in [-0.4, -0.2) is 24.6 Å². The zero-order valence-electron chi connectivity index (χ0n) is 15.9. The summed E-state index contributed by atoms with van der Waals surface area (Å²) in [7, 11) is 1.60. The molecule has 2 aromatic rings. The molecule has 1 heterocycles. The van der Waals surface area contributed by atoms with E-state index in [1.807, 2.05) is 32.0 Å². The molecular weight excluding hydrogens is 504 g/mol. The number of guanidine groups is 1. The van der Waals surface area contributed by atoms with Gasteiger partial charge in [-0.2, -0.15) is 13.2 Å². The van der Waals surface area contributed by atoms with Crippen LogP contribution in [0.4, 0.5) is 13.2 Å². The van der Waals surface area contributed by atoms with Crippen molar-refractivity contribution in [3.05, 3.63) is 45.4 Å². The van der Waals surface area contributed by atoms with E-state index in [1.165, 1.54) is 0 Å². The molecule has 0 aliphatic heterocycles. The molecule has 156 valence electrons. The Balaban J connectivity index is 0.00000392. The maximum absolute atomic E-state index is 12.6. The number of hydrogen-bond acceptors (Lipinski definition) is 4. The number of benzene rings is 1. The zero-order chi connectivity index (χ0) is 19.9. The fourth-order valence-corrected chi connectivity index (χ4v) is 2.98. The molecule has 0 amide bonds. The van der Waals surface area contributed by atoms with Crippen LogP contribution in [0.5, 0.6) is 5.75 Å². The average molecular weight is 528 g/mol. The Morgan fingerprint density at radius 2 is 1.96 bits per heavy atom. The third-order valence-corrected chi connectivity index (χ3v) is 4.45. The molecule has 0 saturated heterocycles. The van der Waals surface area contributed by atoms with Gasteiger partial charge in [-0.1, -0.05) is 19.1 Å². The zero-order valence-corrected chi connectivity index (χ0v) is 19.0. The van der Waals surface area contributed by atoms with Crippen LogP contribution in [0.3, 0.4) is 0 Å².